The van der Waals surface area contributed by atoms with Crippen LogP contribution in [0.3, 0.4) is 0 Å². The molecule has 1 aliphatic heterocycles. The largest absolute Gasteiger partial charge is 0.459 e. The van der Waals surface area contributed by atoms with E-state index in [9.17, 15) is 4.79 Å². The maximum Gasteiger partial charge on any atom is 0.331 e. The summed E-state index contributed by atoms with van der Waals surface area (Å²) < 4.78 is 5.11. The molecule has 1 heterocycles. The minimum Gasteiger partial charge on any atom is -0.459 e. The summed E-state index contributed by atoms with van der Waals surface area (Å²) in [6.07, 6.45) is 2.29. The zero-order valence-corrected chi connectivity index (χ0v) is 8.10. The third-order valence-corrected chi connectivity index (χ3v) is 2.31. The van der Waals surface area contributed by atoms with Crippen molar-refractivity contribution >= 4 is 17.6 Å². The molecule has 0 aromatic carbocycles. The number of hydrogen-bond donors (Lipinski definition) is 0. The molecular weight excluding hydrogens is 176 g/mol. The fourth-order valence-electron chi connectivity index (χ4n) is 1.17. The average Bonchev–Trinajstić information content (AvgIpc) is 2.03. The van der Waals surface area contributed by atoms with E-state index >= 15 is 0 Å². The first-order valence-corrected chi connectivity index (χ1v) is 4.63. The van der Waals surface area contributed by atoms with Crippen LogP contribution in [-0.4, -0.2) is 18.0 Å². The van der Waals surface area contributed by atoms with Gasteiger partial charge in [-0.1, -0.05) is 13.8 Å². The number of alkyl halides is 1. The Hall–Kier alpha value is -0.500. The molecule has 3 heteroatoms. The maximum atomic E-state index is 11.0. The number of ether oxygens (including phenoxy) is 1. The summed E-state index contributed by atoms with van der Waals surface area (Å²) in [5, 5.41) is 0. The number of hydrogen-bond acceptors (Lipinski definition) is 2. The maximum absolute atomic E-state index is 11.0. The second kappa shape index (κ2) is 3.94. The number of carbonyl (C=O) groups excluding carboxylic acids is 1. The second-order valence-electron chi connectivity index (χ2n) is 3.36. The molecule has 0 aromatic heterocycles. The van der Waals surface area contributed by atoms with Crippen molar-refractivity contribution in [1.82, 2.24) is 0 Å². The predicted molar refractivity (Wildman–Crippen MR) is 48.1 cm³/mol. The zero-order chi connectivity index (χ0) is 9.14. The van der Waals surface area contributed by atoms with E-state index in [0.29, 0.717) is 11.8 Å². The van der Waals surface area contributed by atoms with E-state index in [-0.39, 0.29) is 12.1 Å². The molecule has 1 aliphatic rings. The lowest BCUT2D eigenvalue weighted by Crippen LogP contribution is -2.27. The fraction of sp³-hybridized carbons (Fsp3) is 0.667. The molecule has 1 atom stereocenters. The molecule has 0 saturated heterocycles. The number of cyclic esters (lactones) is 1. The first-order valence-electron chi connectivity index (χ1n) is 4.09. The molecule has 0 bridgehead atoms. The molecule has 0 spiro atoms. The van der Waals surface area contributed by atoms with Gasteiger partial charge in [0.2, 0.25) is 0 Å². The average molecular weight is 189 g/mol. The third kappa shape index (κ3) is 2.24. The molecule has 0 amide bonds. The van der Waals surface area contributed by atoms with Crippen LogP contribution in [0.5, 0.6) is 0 Å². The highest BCUT2D eigenvalue weighted by Crippen LogP contribution is 2.21. The quantitative estimate of drug-likeness (QED) is 0.490. The van der Waals surface area contributed by atoms with Crippen LogP contribution in [0.1, 0.15) is 20.3 Å². The van der Waals surface area contributed by atoms with Gasteiger partial charge < -0.3 is 4.74 Å². The third-order valence-electron chi connectivity index (χ3n) is 1.97. The van der Waals surface area contributed by atoms with Gasteiger partial charge in [-0.2, -0.15) is 0 Å². The number of esters is 1. The van der Waals surface area contributed by atoms with Crippen LogP contribution in [0.4, 0.5) is 0 Å². The van der Waals surface area contributed by atoms with Crippen LogP contribution < -0.4 is 0 Å². The summed E-state index contributed by atoms with van der Waals surface area (Å²) in [4.78, 5) is 11.0. The summed E-state index contributed by atoms with van der Waals surface area (Å²) in [6.45, 7) is 4.07. The van der Waals surface area contributed by atoms with Gasteiger partial charge in [-0.25, -0.2) is 4.79 Å². The number of carbonyl (C=O) groups is 1. The minimum absolute atomic E-state index is 0.0104. The first-order chi connectivity index (χ1) is 5.63. The van der Waals surface area contributed by atoms with E-state index in [1.165, 1.54) is 6.08 Å². The lowest BCUT2D eigenvalue weighted by atomic mass is 9.98. The Balaban J connectivity index is 2.66. The van der Waals surface area contributed by atoms with Gasteiger partial charge in [0.25, 0.3) is 0 Å². The molecule has 2 nitrogen and oxygen atoms in total. The van der Waals surface area contributed by atoms with Crippen LogP contribution >= 0.6 is 11.6 Å². The molecule has 12 heavy (non-hydrogen) atoms. The molecule has 0 N–H and O–H groups in total. The standard InChI is InChI=1S/C9H13ClO2/c1-6(2)8-3-7(5-10)4-9(11)12-8/h4,6,8H,3,5H2,1-2H3. The lowest BCUT2D eigenvalue weighted by Gasteiger charge is -2.25. The Morgan fingerprint density at radius 3 is 2.92 bits per heavy atom. The molecular formula is C9H13ClO2. The van der Waals surface area contributed by atoms with Gasteiger partial charge in [0.1, 0.15) is 6.10 Å². The van der Waals surface area contributed by atoms with Gasteiger partial charge in [0.15, 0.2) is 0 Å². The summed E-state index contributed by atoms with van der Waals surface area (Å²) in [6, 6.07) is 0. The highest BCUT2D eigenvalue weighted by Gasteiger charge is 2.23. The minimum atomic E-state index is -0.254. The van der Waals surface area contributed by atoms with Gasteiger partial charge in [0, 0.05) is 18.4 Å². The van der Waals surface area contributed by atoms with E-state index in [1.807, 2.05) is 13.8 Å². The van der Waals surface area contributed by atoms with Crippen molar-refractivity contribution in [3.63, 3.8) is 0 Å². The molecule has 0 aromatic rings. The van der Waals surface area contributed by atoms with E-state index in [0.717, 1.165) is 12.0 Å². The van der Waals surface area contributed by atoms with Crippen LogP contribution in [0.15, 0.2) is 11.6 Å². The van der Waals surface area contributed by atoms with Crippen molar-refractivity contribution in [1.29, 1.82) is 0 Å². The molecule has 1 unspecified atom stereocenters. The van der Waals surface area contributed by atoms with Gasteiger partial charge >= 0.3 is 5.97 Å². The van der Waals surface area contributed by atoms with E-state index in [4.69, 9.17) is 16.3 Å². The SMILES string of the molecule is CC(C)C1CC(CCl)=CC(=O)O1. The number of halogens is 1. The highest BCUT2D eigenvalue weighted by atomic mass is 35.5. The molecule has 0 radical (unpaired) electrons. The van der Waals surface area contributed by atoms with Crippen LogP contribution in [0, 0.1) is 5.92 Å². The van der Waals surface area contributed by atoms with E-state index in [1.54, 1.807) is 0 Å². The van der Waals surface area contributed by atoms with Crippen molar-refractivity contribution in [2.75, 3.05) is 5.88 Å². The summed E-state index contributed by atoms with van der Waals surface area (Å²) in [5.41, 5.74) is 0.978. The summed E-state index contributed by atoms with van der Waals surface area (Å²) >= 11 is 5.64. The van der Waals surface area contributed by atoms with Gasteiger partial charge in [-0.3, -0.25) is 0 Å². The highest BCUT2D eigenvalue weighted by molar-refractivity contribution is 6.19. The Morgan fingerprint density at radius 2 is 2.42 bits per heavy atom. The van der Waals surface area contributed by atoms with E-state index < -0.39 is 0 Å². The second-order valence-corrected chi connectivity index (χ2v) is 3.63. The monoisotopic (exact) mass is 188 g/mol. The molecule has 0 aliphatic carbocycles. The van der Waals surface area contributed by atoms with E-state index in [2.05, 4.69) is 0 Å². The molecule has 68 valence electrons. The van der Waals surface area contributed by atoms with Crippen molar-refractivity contribution in [3.05, 3.63) is 11.6 Å². The van der Waals surface area contributed by atoms with Gasteiger partial charge in [-0.05, 0) is 11.5 Å². The van der Waals surface area contributed by atoms with Crippen molar-refractivity contribution in [2.24, 2.45) is 5.92 Å². The first kappa shape index (κ1) is 9.59. The topological polar surface area (TPSA) is 26.3 Å². The predicted octanol–water partition coefficient (Wildman–Crippen LogP) is 2.12. The van der Waals surface area contributed by atoms with Crippen LogP contribution in [0.25, 0.3) is 0 Å². The van der Waals surface area contributed by atoms with Crippen molar-refractivity contribution in [2.45, 2.75) is 26.4 Å². The summed E-state index contributed by atoms with van der Waals surface area (Å²) in [5.74, 6) is 0.537. The zero-order valence-electron chi connectivity index (χ0n) is 7.34. The van der Waals surface area contributed by atoms with Gasteiger partial charge in [-0.15, -0.1) is 11.6 Å². The fourth-order valence-corrected chi connectivity index (χ4v) is 1.36. The normalized spacial score (nSPS) is 23.8. The van der Waals surface area contributed by atoms with Crippen molar-refractivity contribution < 1.29 is 9.53 Å². The molecule has 1 rings (SSSR count). The van der Waals surface area contributed by atoms with Crippen LogP contribution in [0.2, 0.25) is 0 Å². The lowest BCUT2D eigenvalue weighted by molar-refractivity contribution is -0.146. The van der Waals surface area contributed by atoms with Crippen LogP contribution in [-0.2, 0) is 9.53 Å². The Kier molecular flexibility index (Phi) is 3.15. The molecule has 0 fully saturated rings. The number of rotatable bonds is 2. The Bertz CT molecular complexity index is 209. The Labute approximate surface area is 77.5 Å². The summed E-state index contributed by atoms with van der Waals surface area (Å²) in [7, 11) is 0. The Morgan fingerprint density at radius 1 is 1.75 bits per heavy atom. The molecule has 0 saturated carbocycles. The van der Waals surface area contributed by atoms with Gasteiger partial charge in [0.05, 0.1) is 0 Å². The smallest absolute Gasteiger partial charge is 0.331 e. The van der Waals surface area contributed by atoms with Crippen molar-refractivity contribution in [3.8, 4) is 0 Å².